The number of hydrogen-bond acceptors (Lipinski definition) is 18. The summed E-state index contributed by atoms with van der Waals surface area (Å²) in [7, 11) is 0. The van der Waals surface area contributed by atoms with E-state index in [2.05, 4.69) is 31.3 Å². The van der Waals surface area contributed by atoms with Crippen molar-refractivity contribution in [1.29, 1.82) is 0 Å². The van der Waals surface area contributed by atoms with Gasteiger partial charge in [0.15, 0.2) is 18.9 Å². The van der Waals surface area contributed by atoms with Crippen LogP contribution >= 0.6 is 0 Å². The standard InChI is InChI=1S/C63H117NO18/c1-3-5-7-9-11-13-15-17-18-19-20-21-22-23-24-25-26-27-29-30-32-34-36-38-40-47(68)46(64-51(69)41-39-37-35-33-31-28-16-14-12-10-8-6-4-2)45-77-61-57(75)54(72)59(49(43-66)79-61)82-63-58(76)55(73)60(50(44-67)80-63)81-62-56(74)53(71)52(70)48(42-65)78-62/h14,16,38,40,46-50,52-63,65-68,70-76H,3-13,15,17-37,39,41-45H2,1-2H3,(H,64,69)/b16-14-,40-38+. The molecule has 17 unspecified atom stereocenters. The van der Waals surface area contributed by atoms with E-state index < -0.39 is 124 Å². The second-order valence-corrected chi connectivity index (χ2v) is 23.6. The number of rotatable bonds is 49. The first-order chi connectivity index (χ1) is 39.8. The molecule has 0 aromatic rings. The molecule has 482 valence electrons. The van der Waals surface area contributed by atoms with Gasteiger partial charge in [0, 0.05) is 6.42 Å². The second kappa shape index (κ2) is 46.4. The number of aliphatic hydroxyl groups is 11. The minimum absolute atomic E-state index is 0.235. The SMILES string of the molecule is CCCCCC/C=C\CCCCCCCC(=O)NC(COC1OC(CO)C(OC2OC(CO)C(OC3OC(CO)C(O)C(O)C3O)C(O)C2O)C(O)C1O)C(O)/C=C/CCCCCCCCCCCCCCCCCCCCCCCC. The summed E-state index contributed by atoms with van der Waals surface area (Å²) in [5, 5.41) is 120. The third-order valence-corrected chi connectivity index (χ3v) is 16.5. The summed E-state index contributed by atoms with van der Waals surface area (Å²) in [6.45, 7) is 1.72. The van der Waals surface area contributed by atoms with Crippen LogP contribution in [-0.4, -0.2) is 193 Å². The number of amides is 1. The molecule has 19 nitrogen and oxygen atoms in total. The van der Waals surface area contributed by atoms with Crippen LogP contribution in [-0.2, 0) is 33.2 Å². The molecule has 0 spiro atoms. The van der Waals surface area contributed by atoms with E-state index in [9.17, 15) is 61.0 Å². The van der Waals surface area contributed by atoms with Gasteiger partial charge in [-0.15, -0.1) is 0 Å². The highest BCUT2D eigenvalue weighted by molar-refractivity contribution is 5.76. The molecule has 1 amide bonds. The van der Waals surface area contributed by atoms with Crippen molar-refractivity contribution >= 4 is 5.91 Å². The zero-order chi connectivity index (χ0) is 59.7. The molecule has 0 aromatic heterocycles. The highest BCUT2D eigenvalue weighted by Gasteiger charge is 2.53. The predicted octanol–water partition coefficient (Wildman–Crippen LogP) is 7.10. The zero-order valence-electron chi connectivity index (χ0n) is 50.5. The topological polar surface area (TPSA) is 307 Å². The molecule has 0 bridgehead atoms. The van der Waals surface area contributed by atoms with Crippen molar-refractivity contribution in [3.8, 4) is 0 Å². The molecule has 0 radical (unpaired) electrons. The lowest BCUT2D eigenvalue weighted by atomic mass is 9.96. The van der Waals surface area contributed by atoms with Gasteiger partial charge in [-0.1, -0.05) is 212 Å². The summed E-state index contributed by atoms with van der Waals surface area (Å²) in [5.41, 5.74) is 0. The maximum Gasteiger partial charge on any atom is 0.220 e. The number of hydrogen-bond donors (Lipinski definition) is 12. The molecule has 12 N–H and O–H groups in total. The molecule has 3 saturated heterocycles. The Morgan fingerprint density at radius 1 is 0.427 bits per heavy atom. The molecular weight excluding hydrogens is 1060 g/mol. The summed E-state index contributed by atoms with van der Waals surface area (Å²) in [4.78, 5) is 13.3. The van der Waals surface area contributed by atoms with Crippen molar-refractivity contribution < 1.29 is 89.4 Å². The Balaban J connectivity index is 1.45. The van der Waals surface area contributed by atoms with Crippen LogP contribution in [0.2, 0.25) is 0 Å². The van der Waals surface area contributed by atoms with Gasteiger partial charge in [0.05, 0.1) is 38.6 Å². The van der Waals surface area contributed by atoms with Gasteiger partial charge in [0.1, 0.15) is 73.2 Å². The molecular formula is C63H117NO18. The van der Waals surface area contributed by atoms with Crippen LogP contribution < -0.4 is 5.32 Å². The van der Waals surface area contributed by atoms with E-state index in [4.69, 9.17) is 28.4 Å². The number of allylic oxidation sites excluding steroid dienone is 3. The van der Waals surface area contributed by atoms with Crippen molar-refractivity contribution in [2.24, 2.45) is 0 Å². The van der Waals surface area contributed by atoms with Crippen LogP contribution in [0.5, 0.6) is 0 Å². The third-order valence-electron chi connectivity index (χ3n) is 16.5. The molecule has 3 aliphatic rings. The van der Waals surface area contributed by atoms with E-state index >= 15 is 0 Å². The Bertz CT molecular complexity index is 1590. The van der Waals surface area contributed by atoms with E-state index in [1.54, 1.807) is 6.08 Å². The Hall–Kier alpha value is -1.73. The smallest absolute Gasteiger partial charge is 0.220 e. The summed E-state index contributed by atoms with van der Waals surface area (Å²) < 4.78 is 34.3. The van der Waals surface area contributed by atoms with Gasteiger partial charge in [0.2, 0.25) is 5.91 Å². The number of nitrogens with one attached hydrogen (secondary N) is 1. The largest absolute Gasteiger partial charge is 0.394 e. The minimum atomic E-state index is -1.98. The van der Waals surface area contributed by atoms with E-state index in [-0.39, 0.29) is 18.9 Å². The third kappa shape index (κ3) is 29.3. The Kier molecular flexibility index (Phi) is 42.2. The predicted molar refractivity (Wildman–Crippen MR) is 314 cm³/mol. The fraction of sp³-hybridized carbons (Fsp3) is 0.921. The second-order valence-electron chi connectivity index (χ2n) is 23.6. The average molecular weight is 1180 g/mol. The van der Waals surface area contributed by atoms with E-state index in [1.807, 2.05) is 6.08 Å². The Labute approximate surface area is 492 Å². The maximum atomic E-state index is 13.3. The van der Waals surface area contributed by atoms with Crippen molar-refractivity contribution in [2.45, 2.75) is 343 Å². The molecule has 0 aromatic carbocycles. The van der Waals surface area contributed by atoms with Gasteiger partial charge in [0.25, 0.3) is 0 Å². The number of unbranched alkanes of at least 4 members (excludes halogenated alkanes) is 31. The van der Waals surface area contributed by atoms with Crippen molar-refractivity contribution in [3.05, 3.63) is 24.3 Å². The average Bonchev–Trinajstić information content (AvgIpc) is 3.42. The normalized spacial score (nSPS) is 29.7. The van der Waals surface area contributed by atoms with Gasteiger partial charge in [-0.25, -0.2) is 0 Å². The summed E-state index contributed by atoms with van der Waals surface area (Å²) >= 11 is 0. The maximum absolute atomic E-state index is 13.3. The first kappa shape index (κ1) is 74.5. The van der Waals surface area contributed by atoms with Gasteiger partial charge in [-0.05, 0) is 44.9 Å². The molecule has 82 heavy (non-hydrogen) atoms. The molecule has 3 heterocycles. The van der Waals surface area contributed by atoms with Crippen molar-refractivity contribution in [2.75, 3.05) is 26.4 Å². The molecule has 19 heteroatoms. The minimum Gasteiger partial charge on any atom is -0.394 e. The van der Waals surface area contributed by atoms with Crippen LogP contribution in [0.4, 0.5) is 0 Å². The number of ether oxygens (including phenoxy) is 6. The molecule has 3 rings (SSSR count). The first-order valence-corrected chi connectivity index (χ1v) is 32.6. The summed E-state index contributed by atoms with van der Waals surface area (Å²) in [5.74, 6) is -0.284. The van der Waals surface area contributed by atoms with Crippen molar-refractivity contribution in [1.82, 2.24) is 5.32 Å². The monoisotopic (exact) mass is 1180 g/mol. The lowest BCUT2D eigenvalue weighted by molar-refractivity contribution is -0.379. The van der Waals surface area contributed by atoms with Gasteiger partial charge >= 0.3 is 0 Å². The summed E-state index contributed by atoms with van der Waals surface area (Å²) in [6, 6.07) is -0.975. The lowest BCUT2D eigenvalue weighted by Crippen LogP contribution is -2.66. The zero-order valence-corrected chi connectivity index (χ0v) is 50.5. The highest BCUT2D eigenvalue weighted by Crippen LogP contribution is 2.33. The number of carbonyl (C=O) groups is 1. The first-order valence-electron chi connectivity index (χ1n) is 32.6. The van der Waals surface area contributed by atoms with Gasteiger partial charge < -0.3 is 89.9 Å². The lowest BCUT2D eigenvalue weighted by Gasteiger charge is -2.48. The van der Waals surface area contributed by atoms with Crippen LogP contribution in [0, 0.1) is 0 Å². The molecule has 0 aliphatic carbocycles. The Morgan fingerprint density at radius 3 is 1.20 bits per heavy atom. The van der Waals surface area contributed by atoms with Crippen LogP contribution in [0.1, 0.15) is 239 Å². The summed E-state index contributed by atoms with van der Waals surface area (Å²) in [6.07, 6.45) is 23.1. The number of carbonyl (C=O) groups excluding carboxylic acids is 1. The molecule has 17 atom stereocenters. The number of aliphatic hydroxyl groups excluding tert-OH is 11. The van der Waals surface area contributed by atoms with Crippen LogP contribution in [0.3, 0.4) is 0 Å². The Morgan fingerprint density at radius 2 is 0.768 bits per heavy atom. The van der Waals surface area contributed by atoms with Gasteiger partial charge in [-0.2, -0.15) is 0 Å². The highest BCUT2D eigenvalue weighted by atomic mass is 16.8. The quantitative estimate of drug-likeness (QED) is 0.0213. The van der Waals surface area contributed by atoms with Gasteiger partial charge in [-0.3, -0.25) is 4.79 Å². The molecule has 3 fully saturated rings. The molecule has 3 aliphatic heterocycles. The van der Waals surface area contributed by atoms with E-state index in [0.29, 0.717) is 6.42 Å². The van der Waals surface area contributed by atoms with E-state index in [1.165, 1.54) is 148 Å². The van der Waals surface area contributed by atoms with Crippen LogP contribution in [0.15, 0.2) is 24.3 Å². The van der Waals surface area contributed by atoms with Crippen LogP contribution in [0.25, 0.3) is 0 Å². The van der Waals surface area contributed by atoms with Crippen molar-refractivity contribution in [3.63, 3.8) is 0 Å². The van der Waals surface area contributed by atoms with E-state index in [0.717, 1.165) is 64.2 Å². The fourth-order valence-corrected chi connectivity index (χ4v) is 11.1. The molecule has 0 saturated carbocycles. The fourth-order valence-electron chi connectivity index (χ4n) is 11.1.